The van der Waals surface area contributed by atoms with E-state index < -0.39 is 5.97 Å². The van der Waals surface area contributed by atoms with E-state index in [0.717, 1.165) is 67.0 Å². The number of benzene rings is 2. The third-order valence-corrected chi connectivity index (χ3v) is 7.45. The summed E-state index contributed by atoms with van der Waals surface area (Å²) in [7, 11) is 0. The fourth-order valence-corrected chi connectivity index (χ4v) is 5.27. The third kappa shape index (κ3) is 5.95. The Balaban J connectivity index is 1.64. The maximum Gasteiger partial charge on any atom is 0.303 e. The lowest BCUT2D eigenvalue weighted by atomic mass is 9.87. The summed E-state index contributed by atoms with van der Waals surface area (Å²) in [6, 6.07) is 14.2. The number of fused-ring (bicyclic) bond motifs is 1. The van der Waals surface area contributed by atoms with E-state index in [1.807, 2.05) is 25.1 Å². The van der Waals surface area contributed by atoms with Crippen molar-refractivity contribution in [1.82, 2.24) is 9.55 Å². The molecule has 0 bridgehead atoms. The molecule has 1 heterocycles. The van der Waals surface area contributed by atoms with Gasteiger partial charge in [-0.15, -0.1) is 0 Å². The number of amides is 1. The first kappa shape index (κ1) is 26.6. The van der Waals surface area contributed by atoms with Crippen molar-refractivity contribution in [3.8, 4) is 11.4 Å². The standard InChI is InChI=1S/C31H39N3O3/c1-6-7-8-17-34-20(2)28(30(37)32-25-14-12-24(13-15-25)31(3,4)5)33-29(34)23-11-16-26-21(18-23)9-10-22(26)19-27(35)36/h11-16,18,22H,6-10,17,19H2,1-5H3,(H,32,37)(H,35,36)/t22-/m0/s1. The Kier molecular flexibility index (Phi) is 7.86. The molecule has 0 saturated heterocycles. The minimum absolute atomic E-state index is 0.0504. The van der Waals surface area contributed by atoms with E-state index in [9.17, 15) is 14.7 Å². The Hall–Kier alpha value is -3.41. The van der Waals surface area contributed by atoms with Gasteiger partial charge in [-0.3, -0.25) is 9.59 Å². The van der Waals surface area contributed by atoms with Crippen LogP contribution in [-0.4, -0.2) is 26.5 Å². The number of aryl methyl sites for hydroxylation is 1. The summed E-state index contributed by atoms with van der Waals surface area (Å²) in [6.07, 6.45) is 5.13. The molecular formula is C31H39N3O3. The van der Waals surface area contributed by atoms with Crippen LogP contribution in [0.15, 0.2) is 42.5 Å². The molecule has 1 atom stereocenters. The molecule has 0 aliphatic heterocycles. The van der Waals surface area contributed by atoms with Gasteiger partial charge in [0.15, 0.2) is 0 Å². The highest BCUT2D eigenvalue weighted by molar-refractivity contribution is 6.04. The number of aromatic nitrogens is 2. The highest BCUT2D eigenvalue weighted by Crippen LogP contribution is 2.38. The van der Waals surface area contributed by atoms with Gasteiger partial charge in [0.1, 0.15) is 11.5 Å². The minimum atomic E-state index is -0.757. The van der Waals surface area contributed by atoms with Crippen LogP contribution in [0.2, 0.25) is 0 Å². The van der Waals surface area contributed by atoms with Gasteiger partial charge in [0.2, 0.25) is 0 Å². The molecule has 196 valence electrons. The van der Waals surface area contributed by atoms with Crippen molar-refractivity contribution >= 4 is 17.6 Å². The van der Waals surface area contributed by atoms with Gasteiger partial charge in [-0.2, -0.15) is 0 Å². The van der Waals surface area contributed by atoms with Crippen molar-refractivity contribution < 1.29 is 14.7 Å². The lowest BCUT2D eigenvalue weighted by molar-refractivity contribution is -0.137. The Morgan fingerprint density at radius 1 is 1.11 bits per heavy atom. The molecule has 3 aromatic rings. The van der Waals surface area contributed by atoms with Crippen LogP contribution >= 0.6 is 0 Å². The molecule has 6 heteroatoms. The molecular weight excluding hydrogens is 462 g/mol. The van der Waals surface area contributed by atoms with Crippen molar-refractivity contribution in [3.05, 3.63) is 70.5 Å². The summed E-state index contributed by atoms with van der Waals surface area (Å²) in [5.74, 6) is -0.100. The smallest absolute Gasteiger partial charge is 0.303 e. The number of carbonyl (C=O) groups is 2. The van der Waals surface area contributed by atoms with Crippen LogP contribution < -0.4 is 5.32 Å². The van der Waals surface area contributed by atoms with Gasteiger partial charge in [-0.1, -0.05) is 64.8 Å². The summed E-state index contributed by atoms with van der Waals surface area (Å²) in [4.78, 5) is 29.5. The Labute approximate surface area is 220 Å². The predicted molar refractivity (Wildman–Crippen MR) is 148 cm³/mol. The fraction of sp³-hybridized carbons (Fsp3) is 0.452. The lowest BCUT2D eigenvalue weighted by Gasteiger charge is -2.19. The zero-order valence-corrected chi connectivity index (χ0v) is 22.7. The van der Waals surface area contributed by atoms with Crippen molar-refractivity contribution in [2.75, 3.05) is 5.32 Å². The topological polar surface area (TPSA) is 84.2 Å². The highest BCUT2D eigenvalue weighted by Gasteiger charge is 2.27. The summed E-state index contributed by atoms with van der Waals surface area (Å²) in [5, 5.41) is 12.3. The molecule has 1 amide bonds. The van der Waals surface area contributed by atoms with Crippen LogP contribution in [0.5, 0.6) is 0 Å². The Morgan fingerprint density at radius 2 is 1.84 bits per heavy atom. The number of rotatable bonds is 9. The van der Waals surface area contributed by atoms with E-state index in [-0.39, 0.29) is 23.7 Å². The zero-order valence-electron chi connectivity index (χ0n) is 22.7. The third-order valence-electron chi connectivity index (χ3n) is 7.45. The first-order chi connectivity index (χ1) is 17.6. The second kappa shape index (κ2) is 10.9. The molecule has 37 heavy (non-hydrogen) atoms. The monoisotopic (exact) mass is 501 g/mol. The number of imidazole rings is 1. The Morgan fingerprint density at radius 3 is 2.49 bits per heavy atom. The lowest BCUT2D eigenvalue weighted by Crippen LogP contribution is -2.15. The van der Waals surface area contributed by atoms with Gasteiger partial charge >= 0.3 is 5.97 Å². The quantitative estimate of drug-likeness (QED) is 0.306. The first-order valence-electron chi connectivity index (χ1n) is 13.4. The molecule has 1 aromatic heterocycles. The van der Waals surface area contributed by atoms with E-state index in [1.54, 1.807) is 0 Å². The van der Waals surface area contributed by atoms with E-state index in [2.05, 4.69) is 61.8 Å². The number of carbonyl (C=O) groups excluding carboxylic acids is 1. The molecule has 0 spiro atoms. The normalized spacial score (nSPS) is 15.0. The van der Waals surface area contributed by atoms with E-state index in [0.29, 0.717) is 5.69 Å². The molecule has 0 fully saturated rings. The zero-order chi connectivity index (χ0) is 26.7. The fourth-order valence-electron chi connectivity index (χ4n) is 5.27. The number of unbranched alkanes of at least 4 members (excludes halogenated alkanes) is 2. The number of aliphatic carboxylic acids is 1. The van der Waals surface area contributed by atoms with E-state index in [4.69, 9.17) is 4.98 Å². The summed E-state index contributed by atoms with van der Waals surface area (Å²) in [6.45, 7) is 11.5. The molecule has 2 N–H and O–H groups in total. The molecule has 0 radical (unpaired) electrons. The summed E-state index contributed by atoms with van der Waals surface area (Å²) < 4.78 is 2.17. The number of carboxylic acids is 1. The van der Waals surface area contributed by atoms with Crippen LogP contribution in [0.1, 0.15) is 98.6 Å². The largest absolute Gasteiger partial charge is 0.481 e. The predicted octanol–water partition coefficient (Wildman–Crippen LogP) is 7.10. The number of anilines is 1. The molecule has 6 nitrogen and oxygen atoms in total. The second-order valence-electron chi connectivity index (χ2n) is 11.3. The van der Waals surface area contributed by atoms with Crippen molar-refractivity contribution in [2.24, 2.45) is 0 Å². The van der Waals surface area contributed by atoms with E-state index >= 15 is 0 Å². The van der Waals surface area contributed by atoms with Gasteiger partial charge < -0.3 is 15.0 Å². The van der Waals surface area contributed by atoms with Crippen LogP contribution in [0.25, 0.3) is 11.4 Å². The highest BCUT2D eigenvalue weighted by atomic mass is 16.4. The maximum atomic E-state index is 13.3. The Bertz CT molecular complexity index is 1280. The number of hydrogen-bond donors (Lipinski definition) is 2. The number of hydrogen-bond acceptors (Lipinski definition) is 3. The van der Waals surface area contributed by atoms with Gasteiger partial charge in [0.25, 0.3) is 5.91 Å². The van der Waals surface area contributed by atoms with Crippen LogP contribution in [0.3, 0.4) is 0 Å². The molecule has 0 saturated carbocycles. The van der Waals surface area contributed by atoms with Crippen LogP contribution in [0, 0.1) is 6.92 Å². The SMILES string of the molecule is CCCCCn1c(-c2ccc3c(c2)CC[C@H]3CC(=O)O)nc(C(=O)Nc2ccc(C(C)(C)C)cc2)c1C. The molecule has 2 aromatic carbocycles. The molecule has 1 aliphatic rings. The number of nitrogens with one attached hydrogen (secondary N) is 1. The van der Waals surface area contributed by atoms with Crippen molar-refractivity contribution in [2.45, 2.75) is 91.0 Å². The van der Waals surface area contributed by atoms with Gasteiger partial charge in [-0.25, -0.2) is 4.98 Å². The van der Waals surface area contributed by atoms with Gasteiger partial charge in [0, 0.05) is 23.5 Å². The van der Waals surface area contributed by atoms with Gasteiger partial charge in [-0.05, 0) is 72.4 Å². The molecule has 1 aliphatic carbocycles. The summed E-state index contributed by atoms with van der Waals surface area (Å²) in [5.41, 5.74) is 6.61. The average molecular weight is 502 g/mol. The second-order valence-corrected chi connectivity index (χ2v) is 11.3. The van der Waals surface area contributed by atoms with Crippen molar-refractivity contribution in [3.63, 3.8) is 0 Å². The summed E-state index contributed by atoms with van der Waals surface area (Å²) >= 11 is 0. The first-order valence-corrected chi connectivity index (χ1v) is 13.4. The van der Waals surface area contributed by atoms with Crippen molar-refractivity contribution in [1.29, 1.82) is 0 Å². The van der Waals surface area contributed by atoms with Crippen LogP contribution in [-0.2, 0) is 23.2 Å². The molecule has 4 rings (SSSR count). The maximum absolute atomic E-state index is 13.3. The number of carboxylic acid groups (broad SMARTS) is 1. The minimum Gasteiger partial charge on any atom is -0.481 e. The number of nitrogens with zero attached hydrogens (tertiary/aromatic N) is 2. The van der Waals surface area contributed by atoms with Gasteiger partial charge in [0.05, 0.1) is 6.42 Å². The average Bonchev–Trinajstić information content (AvgIpc) is 3.39. The van der Waals surface area contributed by atoms with Crippen LogP contribution in [0.4, 0.5) is 5.69 Å². The van der Waals surface area contributed by atoms with E-state index in [1.165, 1.54) is 11.1 Å². The molecule has 0 unspecified atom stereocenters.